The van der Waals surface area contributed by atoms with E-state index in [1.165, 1.54) is 12.1 Å². The fourth-order valence-electron chi connectivity index (χ4n) is 2.11. The summed E-state index contributed by atoms with van der Waals surface area (Å²) in [6.45, 7) is 0. The van der Waals surface area contributed by atoms with Crippen molar-refractivity contribution in [3.63, 3.8) is 0 Å². The van der Waals surface area contributed by atoms with Crippen LogP contribution in [-0.2, 0) is 0 Å². The molecule has 104 valence electrons. The molecule has 0 fully saturated rings. The summed E-state index contributed by atoms with van der Waals surface area (Å²) < 4.78 is 10.7. The number of hydrogen-bond acceptors (Lipinski definition) is 4. The van der Waals surface area contributed by atoms with Crippen molar-refractivity contribution >= 4 is 11.0 Å². The van der Waals surface area contributed by atoms with Gasteiger partial charge in [0, 0.05) is 11.6 Å². The maximum absolute atomic E-state index is 12.2. The van der Waals surface area contributed by atoms with Crippen LogP contribution < -0.4 is 15.6 Å². The zero-order valence-electron chi connectivity index (χ0n) is 11.3. The monoisotopic (exact) mass is 280 g/mol. The summed E-state index contributed by atoms with van der Waals surface area (Å²) in [6, 6.07) is 14.7. The number of hydrogen-bond donors (Lipinski definition) is 0. The number of fused-ring (bicyclic) bond motifs is 1. The van der Waals surface area contributed by atoms with E-state index in [4.69, 9.17) is 9.15 Å². The van der Waals surface area contributed by atoms with Gasteiger partial charge in [-0.05, 0) is 36.4 Å². The van der Waals surface area contributed by atoms with E-state index in [2.05, 4.69) is 0 Å². The third-order valence-corrected chi connectivity index (χ3v) is 3.20. The topological polar surface area (TPSA) is 56.5 Å². The molecule has 0 bridgehead atoms. The minimum Gasteiger partial charge on any atom is -0.497 e. The third-order valence-electron chi connectivity index (χ3n) is 3.20. The van der Waals surface area contributed by atoms with Crippen LogP contribution in [0, 0.1) is 0 Å². The van der Waals surface area contributed by atoms with Crippen molar-refractivity contribution < 1.29 is 9.15 Å². The highest BCUT2D eigenvalue weighted by Crippen LogP contribution is 2.22. The Morgan fingerprint density at radius 2 is 1.62 bits per heavy atom. The first-order valence-corrected chi connectivity index (χ1v) is 6.40. The molecule has 0 N–H and O–H groups in total. The van der Waals surface area contributed by atoms with E-state index in [0.29, 0.717) is 17.1 Å². The van der Waals surface area contributed by atoms with Gasteiger partial charge in [-0.3, -0.25) is 9.59 Å². The largest absolute Gasteiger partial charge is 0.497 e. The van der Waals surface area contributed by atoms with E-state index in [-0.39, 0.29) is 21.8 Å². The first-order chi connectivity index (χ1) is 10.2. The number of ether oxygens (including phenoxy) is 1. The molecule has 3 rings (SSSR count). The van der Waals surface area contributed by atoms with E-state index in [1.54, 1.807) is 49.6 Å². The van der Waals surface area contributed by atoms with Crippen LogP contribution in [0.15, 0.2) is 68.6 Å². The molecule has 0 unspecified atom stereocenters. The predicted octanol–water partition coefficient (Wildman–Crippen LogP) is 2.83. The average Bonchev–Trinajstić information content (AvgIpc) is 2.70. The lowest BCUT2D eigenvalue weighted by Gasteiger charge is -2.03. The molecule has 0 radical (unpaired) electrons. The smallest absolute Gasteiger partial charge is 0.221 e. The van der Waals surface area contributed by atoms with Gasteiger partial charge in [0.15, 0.2) is 11.0 Å². The van der Waals surface area contributed by atoms with Crippen LogP contribution in [0.25, 0.3) is 22.3 Å². The number of methoxy groups -OCH3 is 1. The van der Waals surface area contributed by atoms with E-state index in [9.17, 15) is 9.59 Å². The van der Waals surface area contributed by atoms with Crippen molar-refractivity contribution in [2.45, 2.75) is 0 Å². The molecule has 0 atom stereocenters. The van der Waals surface area contributed by atoms with E-state index in [0.717, 1.165) is 0 Å². The van der Waals surface area contributed by atoms with Crippen molar-refractivity contribution in [1.29, 1.82) is 0 Å². The third kappa shape index (κ3) is 2.43. The first-order valence-electron chi connectivity index (χ1n) is 6.40. The lowest BCUT2D eigenvalue weighted by Crippen LogP contribution is -2.05. The summed E-state index contributed by atoms with van der Waals surface area (Å²) in [4.78, 5) is 24.1. The summed E-state index contributed by atoms with van der Waals surface area (Å²) in [7, 11) is 1.58. The van der Waals surface area contributed by atoms with Gasteiger partial charge < -0.3 is 9.15 Å². The Labute approximate surface area is 120 Å². The average molecular weight is 280 g/mol. The van der Waals surface area contributed by atoms with Crippen molar-refractivity contribution in [2.75, 3.05) is 7.11 Å². The Morgan fingerprint density at radius 1 is 0.905 bits per heavy atom. The first kappa shape index (κ1) is 13.1. The van der Waals surface area contributed by atoms with Crippen LogP contribution >= 0.6 is 0 Å². The molecular formula is C17H12O4. The molecule has 0 aliphatic heterocycles. The standard InChI is InChI=1S/C17H12O4/c1-20-12-8-6-11(7-9-12)16-10-15(19)13-4-2-3-5-14(18)17(13)21-16/h2-10H,1H3. The van der Waals surface area contributed by atoms with Crippen molar-refractivity contribution in [3.8, 4) is 17.1 Å². The fraction of sp³-hybridized carbons (Fsp3) is 0.0588. The summed E-state index contributed by atoms with van der Waals surface area (Å²) in [6.07, 6.45) is 0. The lowest BCUT2D eigenvalue weighted by molar-refractivity contribution is 0.415. The highest BCUT2D eigenvalue weighted by Gasteiger charge is 2.08. The Bertz CT molecular complexity index is 908. The van der Waals surface area contributed by atoms with Gasteiger partial charge in [0.1, 0.15) is 11.5 Å². The van der Waals surface area contributed by atoms with Gasteiger partial charge in [0.2, 0.25) is 5.43 Å². The quantitative estimate of drug-likeness (QED) is 0.724. The van der Waals surface area contributed by atoms with E-state index in [1.807, 2.05) is 0 Å². The van der Waals surface area contributed by atoms with Gasteiger partial charge in [-0.2, -0.15) is 0 Å². The van der Waals surface area contributed by atoms with Crippen molar-refractivity contribution in [3.05, 3.63) is 75.0 Å². The Balaban J connectivity index is 2.27. The summed E-state index contributed by atoms with van der Waals surface area (Å²) >= 11 is 0. The SMILES string of the molecule is COc1ccc(-c2cc(=O)c3ccccc(=O)c3o2)cc1. The van der Waals surface area contributed by atoms with Crippen LogP contribution in [0.2, 0.25) is 0 Å². The zero-order chi connectivity index (χ0) is 14.8. The second-order valence-corrected chi connectivity index (χ2v) is 4.53. The molecule has 21 heavy (non-hydrogen) atoms. The van der Waals surface area contributed by atoms with Crippen molar-refractivity contribution in [2.24, 2.45) is 0 Å². The molecule has 4 heteroatoms. The maximum Gasteiger partial charge on any atom is 0.221 e. The van der Waals surface area contributed by atoms with Gasteiger partial charge in [-0.1, -0.05) is 12.1 Å². The minimum absolute atomic E-state index is 0.0679. The van der Waals surface area contributed by atoms with Crippen LogP contribution in [0.3, 0.4) is 0 Å². The molecule has 0 amide bonds. The van der Waals surface area contributed by atoms with Crippen LogP contribution in [0.1, 0.15) is 0 Å². The molecule has 0 aliphatic rings. The minimum atomic E-state index is -0.317. The lowest BCUT2D eigenvalue weighted by atomic mass is 10.1. The molecular weight excluding hydrogens is 268 g/mol. The van der Waals surface area contributed by atoms with Gasteiger partial charge in [-0.25, -0.2) is 0 Å². The molecule has 0 saturated carbocycles. The van der Waals surface area contributed by atoms with Crippen LogP contribution in [-0.4, -0.2) is 7.11 Å². The summed E-state index contributed by atoms with van der Waals surface area (Å²) in [5, 5.41) is 0.280. The van der Waals surface area contributed by atoms with E-state index >= 15 is 0 Å². The van der Waals surface area contributed by atoms with Crippen molar-refractivity contribution in [1.82, 2.24) is 0 Å². The summed E-state index contributed by atoms with van der Waals surface area (Å²) in [5.74, 6) is 1.07. The molecule has 4 nitrogen and oxygen atoms in total. The number of rotatable bonds is 2. The number of benzene rings is 1. The van der Waals surface area contributed by atoms with Gasteiger partial charge in [-0.15, -0.1) is 0 Å². The van der Waals surface area contributed by atoms with Crippen LogP contribution in [0.5, 0.6) is 5.75 Å². The molecule has 0 aliphatic carbocycles. The maximum atomic E-state index is 12.2. The van der Waals surface area contributed by atoms with E-state index < -0.39 is 0 Å². The molecule has 2 aromatic carbocycles. The van der Waals surface area contributed by atoms with Gasteiger partial charge >= 0.3 is 0 Å². The normalized spacial score (nSPS) is 10.5. The highest BCUT2D eigenvalue weighted by atomic mass is 16.5. The Hall–Kier alpha value is -2.88. The Morgan fingerprint density at radius 3 is 2.33 bits per heavy atom. The van der Waals surface area contributed by atoms with Gasteiger partial charge in [0.25, 0.3) is 0 Å². The molecule has 1 aromatic heterocycles. The second kappa shape index (κ2) is 5.25. The molecule has 0 saturated heterocycles. The predicted molar refractivity (Wildman–Crippen MR) is 80.7 cm³/mol. The summed E-state index contributed by atoms with van der Waals surface area (Å²) in [5.41, 5.74) is 0.219. The zero-order valence-corrected chi connectivity index (χ0v) is 11.3. The highest BCUT2D eigenvalue weighted by molar-refractivity contribution is 5.77. The van der Waals surface area contributed by atoms with Gasteiger partial charge in [0.05, 0.1) is 12.5 Å². The second-order valence-electron chi connectivity index (χ2n) is 4.53. The molecule has 3 aromatic rings. The molecule has 1 heterocycles. The Kier molecular flexibility index (Phi) is 3.28. The van der Waals surface area contributed by atoms with Crippen LogP contribution in [0.4, 0.5) is 0 Å². The molecule has 0 spiro atoms. The fourth-order valence-corrected chi connectivity index (χ4v) is 2.11.